The van der Waals surface area contributed by atoms with Crippen molar-refractivity contribution in [2.24, 2.45) is 5.73 Å². The van der Waals surface area contributed by atoms with E-state index in [0.717, 1.165) is 32.1 Å². The number of carbonyl (C=O) groups is 4. The van der Waals surface area contributed by atoms with Crippen LogP contribution < -0.4 is 16.4 Å². The number of amides is 4. The zero-order valence-electron chi connectivity index (χ0n) is 25.6. The first-order valence-electron chi connectivity index (χ1n) is 14.1. The number of phenols is 1. The molecule has 0 heterocycles. The fraction of sp³-hybridized carbons (Fsp3) is 0.667. The van der Waals surface area contributed by atoms with E-state index in [1.807, 2.05) is 20.8 Å². The van der Waals surface area contributed by atoms with Crippen molar-refractivity contribution >= 4 is 23.8 Å². The number of nitrogens with zero attached hydrogens (tertiary/aromatic N) is 1. The molecule has 0 bridgehead atoms. The average molecular weight is 563 g/mol. The Labute approximate surface area is 239 Å². The number of benzene rings is 1. The topological polar surface area (TPSA) is 151 Å². The second-order valence-corrected chi connectivity index (χ2v) is 12.4. The molecule has 0 aliphatic rings. The lowest BCUT2D eigenvalue weighted by molar-refractivity contribution is -0.144. The highest BCUT2D eigenvalue weighted by Gasteiger charge is 2.37. The summed E-state index contributed by atoms with van der Waals surface area (Å²) in [6.45, 7) is 14.6. The van der Waals surface area contributed by atoms with Gasteiger partial charge in [-0.2, -0.15) is 0 Å². The largest absolute Gasteiger partial charge is 0.508 e. The summed E-state index contributed by atoms with van der Waals surface area (Å²) in [5.41, 5.74) is 5.06. The maximum atomic E-state index is 14.1. The molecule has 10 nitrogen and oxygen atoms in total. The van der Waals surface area contributed by atoms with Gasteiger partial charge in [-0.15, -0.1) is 0 Å². The monoisotopic (exact) mass is 562 g/mol. The van der Waals surface area contributed by atoms with Gasteiger partial charge in [0.25, 0.3) is 0 Å². The zero-order valence-corrected chi connectivity index (χ0v) is 25.6. The van der Waals surface area contributed by atoms with Crippen molar-refractivity contribution in [3.63, 3.8) is 0 Å². The molecule has 0 aliphatic heterocycles. The van der Waals surface area contributed by atoms with Crippen molar-refractivity contribution in [3.05, 3.63) is 29.3 Å². The first kappa shape index (κ1) is 34.7. The van der Waals surface area contributed by atoms with Crippen LogP contribution in [0.25, 0.3) is 0 Å². The third-order valence-corrected chi connectivity index (χ3v) is 6.02. The average Bonchev–Trinajstić information content (AvgIpc) is 2.79. The van der Waals surface area contributed by atoms with E-state index in [4.69, 9.17) is 10.5 Å². The molecule has 0 spiro atoms. The molecule has 1 rings (SSSR count). The number of unbranched alkanes of at least 4 members (excludes halogenated alkanes) is 5. The van der Waals surface area contributed by atoms with Gasteiger partial charge < -0.3 is 31.1 Å². The molecule has 1 aromatic rings. The first-order chi connectivity index (χ1) is 18.4. The molecule has 1 aromatic carbocycles. The Morgan fingerprint density at radius 1 is 1.00 bits per heavy atom. The fourth-order valence-electron chi connectivity index (χ4n) is 4.24. The molecule has 2 atom stereocenters. The van der Waals surface area contributed by atoms with E-state index in [1.165, 1.54) is 11.0 Å². The van der Waals surface area contributed by atoms with E-state index < -0.39 is 53.5 Å². The number of nitrogens with two attached hydrogens (primary N) is 1. The second kappa shape index (κ2) is 15.5. The van der Waals surface area contributed by atoms with Crippen LogP contribution in [-0.2, 0) is 19.1 Å². The minimum Gasteiger partial charge on any atom is -0.508 e. The molecule has 10 heteroatoms. The number of carbonyl (C=O) groups excluding carboxylic acids is 4. The van der Waals surface area contributed by atoms with Gasteiger partial charge in [-0.1, -0.05) is 45.1 Å². The Hall–Kier alpha value is -3.30. The van der Waals surface area contributed by atoms with Gasteiger partial charge in [-0.05, 0) is 78.1 Å². The lowest BCUT2D eigenvalue weighted by Crippen LogP contribution is -2.55. The summed E-state index contributed by atoms with van der Waals surface area (Å²) in [6.07, 6.45) is 4.38. The van der Waals surface area contributed by atoms with Gasteiger partial charge in [0.1, 0.15) is 23.4 Å². The van der Waals surface area contributed by atoms with Crippen LogP contribution in [0.4, 0.5) is 4.79 Å². The van der Waals surface area contributed by atoms with Crippen molar-refractivity contribution in [1.29, 1.82) is 0 Å². The minimum absolute atomic E-state index is 0.0609. The lowest BCUT2D eigenvalue weighted by Gasteiger charge is -2.36. The number of hydrogen-bond acceptors (Lipinski definition) is 6. The molecule has 2 unspecified atom stereocenters. The zero-order chi connectivity index (χ0) is 30.7. The Kier molecular flexibility index (Phi) is 13.4. The van der Waals surface area contributed by atoms with E-state index in [0.29, 0.717) is 17.5 Å². The highest BCUT2D eigenvalue weighted by atomic mass is 16.6. The van der Waals surface area contributed by atoms with E-state index >= 15 is 0 Å². The molecule has 0 aliphatic carbocycles. The van der Waals surface area contributed by atoms with E-state index in [2.05, 4.69) is 17.6 Å². The number of nitrogens with one attached hydrogen (secondary N) is 2. The number of ether oxygens (including phenoxy) is 1. The van der Waals surface area contributed by atoms with Crippen LogP contribution in [-0.4, -0.2) is 57.5 Å². The third-order valence-electron chi connectivity index (χ3n) is 6.02. The predicted octanol–water partition coefficient (Wildman–Crippen LogP) is 4.61. The Bertz CT molecular complexity index is 1010. The third kappa shape index (κ3) is 12.7. The minimum atomic E-state index is -1.34. The molecule has 5 N–H and O–H groups in total. The van der Waals surface area contributed by atoms with Crippen LogP contribution in [0.5, 0.6) is 5.75 Å². The van der Waals surface area contributed by atoms with Crippen LogP contribution in [0.2, 0.25) is 0 Å². The molecule has 0 saturated carbocycles. The molecule has 0 radical (unpaired) electrons. The van der Waals surface area contributed by atoms with Gasteiger partial charge in [0.15, 0.2) is 0 Å². The van der Waals surface area contributed by atoms with Gasteiger partial charge in [0.2, 0.25) is 17.7 Å². The SMILES string of the molecule is CCCCCCCCN(C(=O)C(CC(N)=O)NC(=O)OC(C)(C)C)C(C(=O)NC(C)(C)C)c1ccc(O)c(C)c1. The Balaban J connectivity index is 3.54. The summed E-state index contributed by atoms with van der Waals surface area (Å²) in [4.78, 5) is 53.8. The van der Waals surface area contributed by atoms with Gasteiger partial charge in [-0.3, -0.25) is 14.4 Å². The highest BCUT2D eigenvalue weighted by molar-refractivity contribution is 5.94. The van der Waals surface area contributed by atoms with Crippen molar-refractivity contribution in [3.8, 4) is 5.75 Å². The van der Waals surface area contributed by atoms with Gasteiger partial charge in [-0.25, -0.2) is 4.79 Å². The first-order valence-corrected chi connectivity index (χ1v) is 14.1. The smallest absolute Gasteiger partial charge is 0.408 e. The highest BCUT2D eigenvalue weighted by Crippen LogP contribution is 2.28. The fourth-order valence-corrected chi connectivity index (χ4v) is 4.24. The van der Waals surface area contributed by atoms with Gasteiger partial charge in [0.05, 0.1) is 6.42 Å². The standard InChI is InChI=1S/C30H50N4O6/c1-9-10-11-12-13-14-17-34(27(38)22(19-24(31)36)32-28(39)40-30(6,7)8)25(26(37)33-29(3,4)5)21-15-16-23(35)20(2)18-21/h15-16,18,22,25,35H,9-14,17,19H2,1-8H3,(H2,31,36)(H,32,39)(H,33,37). The Morgan fingerprint density at radius 2 is 1.60 bits per heavy atom. The molecular formula is C30H50N4O6. The van der Waals surface area contributed by atoms with Crippen molar-refractivity contribution in [2.75, 3.05) is 6.54 Å². The van der Waals surface area contributed by atoms with Crippen LogP contribution in [0.1, 0.15) is 111 Å². The molecule has 40 heavy (non-hydrogen) atoms. The van der Waals surface area contributed by atoms with Gasteiger partial charge in [0, 0.05) is 12.1 Å². The second-order valence-electron chi connectivity index (χ2n) is 12.4. The van der Waals surface area contributed by atoms with Crippen LogP contribution in [0, 0.1) is 6.92 Å². The molecule has 226 valence electrons. The van der Waals surface area contributed by atoms with Crippen LogP contribution >= 0.6 is 0 Å². The lowest BCUT2D eigenvalue weighted by atomic mass is 9.98. The van der Waals surface area contributed by atoms with E-state index in [1.54, 1.807) is 39.8 Å². The van der Waals surface area contributed by atoms with Crippen molar-refractivity contribution in [2.45, 2.75) is 124 Å². The molecule has 0 fully saturated rings. The number of alkyl carbamates (subject to hydrolysis) is 1. The number of hydrogen-bond donors (Lipinski definition) is 4. The number of aryl methyl sites for hydroxylation is 1. The number of phenolic OH excluding ortho intramolecular Hbond substituents is 1. The summed E-state index contributed by atoms with van der Waals surface area (Å²) in [6, 6.07) is 2.32. The summed E-state index contributed by atoms with van der Waals surface area (Å²) >= 11 is 0. The molecule has 0 aromatic heterocycles. The maximum Gasteiger partial charge on any atom is 0.408 e. The Morgan fingerprint density at radius 3 is 2.12 bits per heavy atom. The van der Waals surface area contributed by atoms with Gasteiger partial charge >= 0.3 is 6.09 Å². The van der Waals surface area contributed by atoms with Crippen LogP contribution in [0.15, 0.2) is 18.2 Å². The number of aromatic hydroxyl groups is 1. The molecule has 4 amide bonds. The number of rotatable bonds is 14. The predicted molar refractivity (Wildman–Crippen MR) is 156 cm³/mol. The summed E-state index contributed by atoms with van der Waals surface area (Å²) < 4.78 is 5.32. The quantitative estimate of drug-likeness (QED) is 0.243. The maximum absolute atomic E-state index is 14.1. The van der Waals surface area contributed by atoms with E-state index in [9.17, 15) is 24.3 Å². The van der Waals surface area contributed by atoms with Crippen LogP contribution in [0.3, 0.4) is 0 Å². The van der Waals surface area contributed by atoms with E-state index in [-0.39, 0.29) is 12.3 Å². The summed E-state index contributed by atoms with van der Waals surface area (Å²) in [5.74, 6) is -1.78. The normalized spacial score (nSPS) is 13.2. The molecule has 0 saturated heterocycles. The number of primary amides is 1. The van der Waals surface area contributed by atoms with Crippen molar-refractivity contribution < 1.29 is 29.0 Å². The summed E-state index contributed by atoms with van der Waals surface area (Å²) in [5, 5.41) is 15.6. The molecular weight excluding hydrogens is 512 g/mol. The summed E-state index contributed by atoms with van der Waals surface area (Å²) in [7, 11) is 0. The van der Waals surface area contributed by atoms with Crippen molar-refractivity contribution in [1.82, 2.24) is 15.5 Å².